The molecule has 1 aromatic heterocycles. The van der Waals surface area contributed by atoms with Crippen LogP contribution in [-0.2, 0) is 11.2 Å². The Morgan fingerprint density at radius 2 is 2.27 bits per heavy atom. The first-order valence-corrected chi connectivity index (χ1v) is 5.31. The number of benzene rings is 1. The highest BCUT2D eigenvalue weighted by atomic mass is 32.1. The lowest BCUT2D eigenvalue weighted by atomic mass is 10.1. The van der Waals surface area contributed by atoms with Crippen LogP contribution in [0.25, 0.3) is 11.3 Å². The third kappa shape index (κ3) is 2.41. The van der Waals surface area contributed by atoms with Crippen molar-refractivity contribution in [1.82, 2.24) is 4.37 Å². The summed E-state index contributed by atoms with van der Waals surface area (Å²) in [5.74, 6) is -0.814. The Morgan fingerprint density at radius 3 is 2.93 bits per heavy atom. The quantitative estimate of drug-likeness (QED) is 0.862. The highest BCUT2D eigenvalue weighted by Gasteiger charge is 2.03. The summed E-state index contributed by atoms with van der Waals surface area (Å²) >= 11 is 1.39. The molecule has 0 atom stereocenters. The first kappa shape index (κ1) is 9.86. The van der Waals surface area contributed by atoms with Crippen LogP contribution >= 0.6 is 11.5 Å². The van der Waals surface area contributed by atoms with Gasteiger partial charge in [-0.1, -0.05) is 18.2 Å². The van der Waals surface area contributed by atoms with Crippen molar-refractivity contribution in [2.24, 2.45) is 0 Å². The summed E-state index contributed by atoms with van der Waals surface area (Å²) in [6, 6.07) is 9.38. The second kappa shape index (κ2) is 4.23. The number of carboxylic acid groups (broad SMARTS) is 1. The molecule has 0 bridgehead atoms. The van der Waals surface area contributed by atoms with Gasteiger partial charge in [-0.15, -0.1) is 0 Å². The molecule has 0 saturated heterocycles. The van der Waals surface area contributed by atoms with Crippen molar-refractivity contribution in [1.29, 1.82) is 0 Å². The molecule has 15 heavy (non-hydrogen) atoms. The Balaban J connectivity index is 2.31. The molecule has 0 spiro atoms. The molecule has 1 heterocycles. The number of aliphatic carboxylic acids is 1. The van der Waals surface area contributed by atoms with Gasteiger partial charge in [0, 0.05) is 10.9 Å². The van der Waals surface area contributed by atoms with E-state index in [1.165, 1.54) is 11.5 Å². The van der Waals surface area contributed by atoms with Crippen molar-refractivity contribution < 1.29 is 9.90 Å². The van der Waals surface area contributed by atoms with Crippen molar-refractivity contribution in [3.05, 3.63) is 41.3 Å². The van der Waals surface area contributed by atoms with Gasteiger partial charge in [0.05, 0.1) is 12.1 Å². The second-order valence-electron chi connectivity index (χ2n) is 3.16. The number of hydrogen-bond donors (Lipinski definition) is 1. The molecule has 3 nitrogen and oxygen atoms in total. The fraction of sp³-hybridized carbons (Fsp3) is 0.0909. The third-order valence-electron chi connectivity index (χ3n) is 2.02. The van der Waals surface area contributed by atoms with E-state index in [4.69, 9.17) is 5.11 Å². The smallest absolute Gasteiger partial charge is 0.307 e. The van der Waals surface area contributed by atoms with Gasteiger partial charge in [0.1, 0.15) is 0 Å². The van der Waals surface area contributed by atoms with Gasteiger partial charge in [-0.3, -0.25) is 4.79 Å². The Labute approximate surface area is 91.2 Å². The Bertz CT molecular complexity index is 465. The largest absolute Gasteiger partial charge is 0.481 e. The highest BCUT2D eigenvalue weighted by molar-refractivity contribution is 7.03. The van der Waals surface area contributed by atoms with E-state index in [9.17, 15) is 4.79 Å². The molecule has 2 aromatic rings. The standard InChI is InChI=1S/C11H9NO2S/c13-11(14)7-8-2-1-3-9(6-8)10-4-5-15-12-10/h1-6H,7H2,(H,13,14). The summed E-state index contributed by atoms with van der Waals surface area (Å²) < 4.78 is 4.20. The molecule has 0 fully saturated rings. The number of nitrogens with zero attached hydrogens (tertiary/aromatic N) is 1. The molecule has 0 aliphatic rings. The van der Waals surface area contributed by atoms with Crippen molar-refractivity contribution in [3.63, 3.8) is 0 Å². The van der Waals surface area contributed by atoms with Crippen LogP contribution in [0.15, 0.2) is 35.7 Å². The Hall–Kier alpha value is -1.68. The van der Waals surface area contributed by atoms with E-state index in [1.54, 1.807) is 0 Å². The van der Waals surface area contributed by atoms with Crippen molar-refractivity contribution >= 4 is 17.5 Å². The lowest BCUT2D eigenvalue weighted by molar-refractivity contribution is -0.136. The molecular formula is C11H9NO2S. The van der Waals surface area contributed by atoms with E-state index >= 15 is 0 Å². The molecule has 1 N–H and O–H groups in total. The summed E-state index contributed by atoms with van der Waals surface area (Å²) in [5, 5.41) is 10.6. The van der Waals surface area contributed by atoms with Gasteiger partial charge < -0.3 is 5.11 Å². The molecule has 0 aliphatic heterocycles. The molecule has 0 aliphatic carbocycles. The fourth-order valence-corrected chi connectivity index (χ4v) is 1.91. The number of aromatic nitrogens is 1. The maximum atomic E-state index is 10.6. The van der Waals surface area contributed by atoms with E-state index in [1.807, 2.05) is 35.7 Å². The van der Waals surface area contributed by atoms with Gasteiger partial charge in [-0.05, 0) is 29.2 Å². The van der Waals surface area contributed by atoms with Crippen molar-refractivity contribution in [2.75, 3.05) is 0 Å². The molecule has 0 radical (unpaired) electrons. The van der Waals surface area contributed by atoms with Crippen LogP contribution < -0.4 is 0 Å². The molecular weight excluding hydrogens is 210 g/mol. The molecule has 0 saturated carbocycles. The summed E-state index contributed by atoms with van der Waals surface area (Å²) in [6.45, 7) is 0. The van der Waals surface area contributed by atoms with E-state index in [2.05, 4.69) is 4.37 Å². The molecule has 0 unspecified atom stereocenters. The molecule has 76 valence electrons. The van der Waals surface area contributed by atoms with Crippen LogP contribution in [0, 0.1) is 0 Å². The zero-order chi connectivity index (χ0) is 10.7. The van der Waals surface area contributed by atoms with Gasteiger partial charge in [0.15, 0.2) is 0 Å². The first-order valence-electron chi connectivity index (χ1n) is 4.47. The maximum absolute atomic E-state index is 10.6. The number of rotatable bonds is 3. The lowest BCUT2D eigenvalue weighted by Gasteiger charge is -2.00. The Kier molecular flexibility index (Phi) is 2.78. The minimum Gasteiger partial charge on any atom is -0.481 e. The van der Waals surface area contributed by atoms with Crippen LogP contribution in [0.3, 0.4) is 0 Å². The normalized spacial score (nSPS) is 10.1. The second-order valence-corrected chi connectivity index (χ2v) is 3.82. The van der Waals surface area contributed by atoms with Crippen molar-refractivity contribution in [3.8, 4) is 11.3 Å². The van der Waals surface area contributed by atoms with Gasteiger partial charge in [0.2, 0.25) is 0 Å². The minimum atomic E-state index is -0.814. The molecule has 1 aromatic carbocycles. The summed E-state index contributed by atoms with van der Waals surface area (Å²) in [6.07, 6.45) is 0.0535. The van der Waals surface area contributed by atoms with E-state index in [0.29, 0.717) is 0 Å². The average molecular weight is 219 g/mol. The van der Waals surface area contributed by atoms with E-state index in [-0.39, 0.29) is 6.42 Å². The van der Waals surface area contributed by atoms with Crippen LogP contribution in [-0.4, -0.2) is 15.4 Å². The van der Waals surface area contributed by atoms with Gasteiger partial charge in [0.25, 0.3) is 0 Å². The van der Waals surface area contributed by atoms with Gasteiger partial charge in [-0.2, -0.15) is 4.37 Å². The predicted octanol–water partition coefficient (Wildman–Crippen LogP) is 2.44. The van der Waals surface area contributed by atoms with Gasteiger partial charge in [-0.25, -0.2) is 0 Å². The number of carboxylic acids is 1. The third-order valence-corrected chi connectivity index (χ3v) is 2.58. The van der Waals surface area contributed by atoms with Crippen LogP contribution in [0.2, 0.25) is 0 Å². The molecule has 2 rings (SSSR count). The minimum absolute atomic E-state index is 0.0535. The number of carbonyl (C=O) groups is 1. The van der Waals surface area contributed by atoms with Crippen LogP contribution in [0.4, 0.5) is 0 Å². The Morgan fingerprint density at radius 1 is 1.40 bits per heavy atom. The zero-order valence-corrected chi connectivity index (χ0v) is 8.70. The predicted molar refractivity (Wildman–Crippen MR) is 58.9 cm³/mol. The van der Waals surface area contributed by atoms with Crippen LogP contribution in [0.1, 0.15) is 5.56 Å². The summed E-state index contributed by atoms with van der Waals surface area (Å²) in [4.78, 5) is 10.6. The summed E-state index contributed by atoms with van der Waals surface area (Å²) in [5.41, 5.74) is 2.66. The molecule has 0 amide bonds. The van der Waals surface area contributed by atoms with E-state index < -0.39 is 5.97 Å². The maximum Gasteiger partial charge on any atom is 0.307 e. The topological polar surface area (TPSA) is 50.2 Å². The van der Waals surface area contributed by atoms with E-state index in [0.717, 1.165) is 16.8 Å². The SMILES string of the molecule is O=C(O)Cc1cccc(-c2ccsn2)c1. The monoisotopic (exact) mass is 219 g/mol. The lowest BCUT2D eigenvalue weighted by Crippen LogP contribution is -1.99. The first-order chi connectivity index (χ1) is 7.25. The van der Waals surface area contributed by atoms with Gasteiger partial charge >= 0.3 is 5.97 Å². The average Bonchev–Trinajstić information content (AvgIpc) is 2.69. The molecule has 4 heteroatoms. The van der Waals surface area contributed by atoms with Crippen molar-refractivity contribution in [2.45, 2.75) is 6.42 Å². The fourth-order valence-electron chi connectivity index (χ4n) is 1.38. The summed E-state index contributed by atoms with van der Waals surface area (Å²) in [7, 11) is 0. The number of hydrogen-bond acceptors (Lipinski definition) is 3. The zero-order valence-electron chi connectivity index (χ0n) is 7.88. The van der Waals surface area contributed by atoms with Crippen LogP contribution in [0.5, 0.6) is 0 Å². The highest BCUT2D eigenvalue weighted by Crippen LogP contribution is 2.19.